The first-order chi connectivity index (χ1) is 5.79. The molecule has 1 amide bonds. The molecule has 1 heterocycles. The maximum atomic E-state index is 11.2. The molecule has 2 aliphatic rings. The number of nitrogens with two attached hydrogens (primary N) is 1. The summed E-state index contributed by atoms with van der Waals surface area (Å²) in [5.74, 6) is -0.202. The van der Waals surface area contributed by atoms with Gasteiger partial charge in [0.25, 0.3) is 5.91 Å². The summed E-state index contributed by atoms with van der Waals surface area (Å²) in [5, 5.41) is 0. The summed E-state index contributed by atoms with van der Waals surface area (Å²) in [6.45, 7) is 0. The van der Waals surface area contributed by atoms with Crippen LogP contribution in [0.1, 0.15) is 0 Å². The maximum Gasteiger partial charge on any atom is 0.277 e. The molecular formula is C9H9ClN2O. The standard InChI is InChI=1S/C9H8N2O.ClH/c10-8-3-1-2-7-6(8)4-5-11-9(7)12;/h1-5,8H,10H2;1H. The van der Waals surface area contributed by atoms with Gasteiger partial charge in [-0.15, -0.1) is 12.4 Å². The molecule has 0 aromatic carbocycles. The Balaban J connectivity index is 0.000000845. The van der Waals surface area contributed by atoms with E-state index in [9.17, 15) is 4.79 Å². The molecule has 0 saturated carbocycles. The predicted octanol–water partition coefficient (Wildman–Crippen LogP) is 0.769. The van der Waals surface area contributed by atoms with Crippen molar-refractivity contribution >= 4 is 24.5 Å². The molecular weight excluding hydrogens is 188 g/mol. The first kappa shape index (κ1) is 9.89. The normalized spacial score (nSPS) is 24.4. The molecule has 0 fully saturated rings. The fourth-order valence-corrected chi connectivity index (χ4v) is 1.30. The predicted molar refractivity (Wildman–Crippen MR) is 54.0 cm³/mol. The molecule has 0 aromatic rings. The van der Waals surface area contributed by atoms with Gasteiger partial charge in [-0.3, -0.25) is 4.79 Å². The van der Waals surface area contributed by atoms with Crippen molar-refractivity contribution in [3.05, 3.63) is 35.5 Å². The maximum absolute atomic E-state index is 11.2. The van der Waals surface area contributed by atoms with Gasteiger partial charge in [0.2, 0.25) is 0 Å². The zero-order valence-corrected chi connectivity index (χ0v) is 7.62. The molecule has 0 aromatic heterocycles. The van der Waals surface area contributed by atoms with Gasteiger partial charge in [0, 0.05) is 17.8 Å². The van der Waals surface area contributed by atoms with E-state index >= 15 is 0 Å². The molecule has 1 aliphatic heterocycles. The van der Waals surface area contributed by atoms with Crippen LogP contribution in [0.15, 0.2) is 40.4 Å². The zero-order valence-electron chi connectivity index (χ0n) is 6.81. The smallest absolute Gasteiger partial charge is 0.277 e. The molecule has 0 spiro atoms. The highest BCUT2D eigenvalue weighted by Gasteiger charge is 2.21. The van der Waals surface area contributed by atoms with Crippen LogP contribution in [-0.2, 0) is 4.79 Å². The summed E-state index contributed by atoms with van der Waals surface area (Å²) in [5.41, 5.74) is 7.22. The summed E-state index contributed by atoms with van der Waals surface area (Å²) < 4.78 is 0. The van der Waals surface area contributed by atoms with Crippen LogP contribution in [0.25, 0.3) is 0 Å². The van der Waals surface area contributed by atoms with Crippen molar-refractivity contribution in [1.82, 2.24) is 0 Å². The second-order valence-corrected chi connectivity index (χ2v) is 2.70. The van der Waals surface area contributed by atoms with Crippen LogP contribution in [0.5, 0.6) is 0 Å². The Morgan fingerprint density at radius 3 is 2.85 bits per heavy atom. The average molecular weight is 197 g/mol. The molecule has 0 saturated heterocycles. The van der Waals surface area contributed by atoms with Gasteiger partial charge in [0.05, 0.1) is 0 Å². The van der Waals surface area contributed by atoms with Gasteiger partial charge in [-0.2, -0.15) is 0 Å². The number of halogens is 1. The molecule has 1 unspecified atom stereocenters. The lowest BCUT2D eigenvalue weighted by Gasteiger charge is -2.18. The number of carbonyl (C=O) groups is 1. The minimum Gasteiger partial charge on any atom is -0.321 e. The molecule has 2 N–H and O–H groups in total. The first-order valence-corrected chi connectivity index (χ1v) is 3.72. The minimum absolute atomic E-state index is 0. The molecule has 4 heteroatoms. The number of carbonyl (C=O) groups excluding carboxylic acids is 1. The van der Waals surface area contributed by atoms with Gasteiger partial charge in [0.15, 0.2) is 0 Å². The van der Waals surface area contributed by atoms with Gasteiger partial charge in [0.1, 0.15) is 0 Å². The zero-order chi connectivity index (χ0) is 8.55. The van der Waals surface area contributed by atoms with Crippen molar-refractivity contribution in [3.63, 3.8) is 0 Å². The van der Waals surface area contributed by atoms with E-state index in [1.54, 1.807) is 18.2 Å². The summed E-state index contributed by atoms with van der Waals surface area (Å²) in [7, 11) is 0. The van der Waals surface area contributed by atoms with Crippen LogP contribution in [-0.4, -0.2) is 18.2 Å². The Morgan fingerprint density at radius 1 is 1.38 bits per heavy atom. The molecule has 2 rings (SSSR count). The van der Waals surface area contributed by atoms with Crippen LogP contribution in [0.2, 0.25) is 0 Å². The van der Waals surface area contributed by atoms with Crippen LogP contribution in [0.4, 0.5) is 0 Å². The number of hydrogen-bond donors (Lipinski definition) is 1. The summed E-state index contributed by atoms with van der Waals surface area (Å²) in [4.78, 5) is 14.8. The van der Waals surface area contributed by atoms with E-state index in [0.717, 1.165) is 5.57 Å². The molecule has 1 atom stereocenters. The van der Waals surface area contributed by atoms with E-state index in [1.165, 1.54) is 6.21 Å². The summed E-state index contributed by atoms with van der Waals surface area (Å²) >= 11 is 0. The molecule has 0 bridgehead atoms. The Kier molecular flexibility index (Phi) is 2.80. The van der Waals surface area contributed by atoms with E-state index in [2.05, 4.69) is 4.99 Å². The minimum atomic E-state index is -0.202. The van der Waals surface area contributed by atoms with E-state index in [4.69, 9.17) is 5.73 Å². The molecule has 1 aliphatic carbocycles. The number of dihydropyridines is 1. The number of rotatable bonds is 0. The summed E-state index contributed by atoms with van der Waals surface area (Å²) in [6, 6.07) is -0.166. The van der Waals surface area contributed by atoms with Gasteiger partial charge < -0.3 is 5.73 Å². The highest BCUT2D eigenvalue weighted by Crippen LogP contribution is 2.21. The van der Waals surface area contributed by atoms with Crippen molar-refractivity contribution < 1.29 is 4.79 Å². The van der Waals surface area contributed by atoms with Gasteiger partial charge >= 0.3 is 0 Å². The van der Waals surface area contributed by atoms with Crippen LogP contribution >= 0.6 is 12.4 Å². The third kappa shape index (κ3) is 1.61. The van der Waals surface area contributed by atoms with Crippen LogP contribution in [0, 0.1) is 0 Å². The number of aliphatic imine (C=N–C) groups is 1. The Labute approximate surface area is 82.1 Å². The monoisotopic (exact) mass is 196 g/mol. The van der Waals surface area contributed by atoms with Crippen LogP contribution < -0.4 is 5.73 Å². The Morgan fingerprint density at radius 2 is 2.15 bits per heavy atom. The van der Waals surface area contributed by atoms with Crippen molar-refractivity contribution in [1.29, 1.82) is 0 Å². The summed E-state index contributed by atoms with van der Waals surface area (Å²) in [6.07, 6.45) is 8.65. The van der Waals surface area contributed by atoms with Gasteiger partial charge in [-0.1, -0.05) is 12.2 Å². The van der Waals surface area contributed by atoms with E-state index in [-0.39, 0.29) is 24.4 Å². The molecule has 3 nitrogen and oxygen atoms in total. The topological polar surface area (TPSA) is 55.5 Å². The first-order valence-electron chi connectivity index (χ1n) is 3.72. The van der Waals surface area contributed by atoms with E-state index < -0.39 is 0 Å². The lowest BCUT2D eigenvalue weighted by Crippen LogP contribution is -2.26. The SMILES string of the molecule is Cl.NC1C=CC=C2C(=O)N=CC=C21. The largest absolute Gasteiger partial charge is 0.321 e. The fourth-order valence-electron chi connectivity index (χ4n) is 1.30. The number of hydrogen-bond acceptors (Lipinski definition) is 2. The molecule has 68 valence electrons. The third-order valence-electron chi connectivity index (χ3n) is 1.93. The van der Waals surface area contributed by atoms with E-state index in [1.807, 2.05) is 6.08 Å². The highest BCUT2D eigenvalue weighted by molar-refractivity contribution is 6.08. The van der Waals surface area contributed by atoms with Gasteiger partial charge in [-0.05, 0) is 17.7 Å². The van der Waals surface area contributed by atoms with Gasteiger partial charge in [-0.25, -0.2) is 4.99 Å². The number of nitrogens with zero attached hydrogens (tertiary/aromatic N) is 1. The molecule has 0 radical (unpaired) electrons. The van der Waals surface area contributed by atoms with Crippen molar-refractivity contribution in [3.8, 4) is 0 Å². The number of allylic oxidation sites excluding steroid dienone is 3. The third-order valence-corrected chi connectivity index (χ3v) is 1.93. The molecule has 13 heavy (non-hydrogen) atoms. The van der Waals surface area contributed by atoms with Crippen molar-refractivity contribution in [2.24, 2.45) is 10.7 Å². The lowest BCUT2D eigenvalue weighted by molar-refractivity contribution is -0.114. The quantitative estimate of drug-likeness (QED) is 0.622. The Hall–Kier alpha value is -1.19. The van der Waals surface area contributed by atoms with Crippen molar-refractivity contribution in [2.75, 3.05) is 0 Å². The Bertz CT molecular complexity index is 353. The highest BCUT2D eigenvalue weighted by atomic mass is 35.5. The average Bonchev–Trinajstić information content (AvgIpc) is 2.07. The lowest BCUT2D eigenvalue weighted by atomic mass is 9.92. The number of fused-ring (bicyclic) bond motifs is 1. The fraction of sp³-hybridized carbons (Fsp3) is 0.111. The van der Waals surface area contributed by atoms with Crippen molar-refractivity contribution in [2.45, 2.75) is 6.04 Å². The second kappa shape index (κ2) is 3.68. The second-order valence-electron chi connectivity index (χ2n) is 2.70. The number of amides is 1. The van der Waals surface area contributed by atoms with Crippen LogP contribution in [0.3, 0.4) is 0 Å². The van der Waals surface area contributed by atoms with E-state index in [0.29, 0.717) is 5.57 Å².